The van der Waals surface area contributed by atoms with Crippen molar-refractivity contribution in [1.29, 1.82) is 5.26 Å². The van der Waals surface area contributed by atoms with Gasteiger partial charge < -0.3 is 5.32 Å². The van der Waals surface area contributed by atoms with Gasteiger partial charge in [0.05, 0.1) is 33.2 Å². The summed E-state index contributed by atoms with van der Waals surface area (Å²) in [5, 5.41) is 12.9. The zero-order valence-corrected chi connectivity index (χ0v) is 15.8. The van der Waals surface area contributed by atoms with E-state index in [2.05, 4.69) is 16.4 Å². The van der Waals surface area contributed by atoms with Gasteiger partial charge in [-0.2, -0.15) is 5.26 Å². The van der Waals surface area contributed by atoms with Crippen LogP contribution in [-0.2, 0) is 6.54 Å². The Bertz CT molecular complexity index is 1330. The van der Waals surface area contributed by atoms with Crippen molar-refractivity contribution in [3.8, 4) is 11.8 Å². The second-order valence-corrected chi connectivity index (χ2v) is 6.72. The lowest BCUT2D eigenvalue weighted by atomic mass is 10.1. The van der Waals surface area contributed by atoms with E-state index in [4.69, 9.17) is 11.6 Å². The van der Waals surface area contributed by atoms with Crippen LogP contribution in [-0.4, -0.2) is 9.55 Å². The summed E-state index contributed by atoms with van der Waals surface area (Å²) in [5.74, 6) is -0.277. The molecule has 4 aromatic rings. The van der Waals surface area contributed by atoms with E-state index < -0.39 is 11.4 Å². The molecule has 5 nitrogen and oxygen atoms in total. The van der Waals surface area contributed by atoms with Gasteiger partial charge in [0.2, 0.25) is 5.95 Å². The molecule has 1 heterocycles. The van der Waals surface area contributed by atoms with Gasteiger partial charge in [0, 0.05) is 6.54 Å². The third-order valence-corrected chi connectivity index (χ3v) is 4.82. The minimum atomic E-state index is -0.522. The predicted molar refractivity (Wildman–Crippen MR) is 111 cm³/mol. The lowest BCUT2D eigenvalue weighted by Crippen LogP contribution is -2.24. The summed E-state index contributed by atoms with van der Waals surface area (Å²) < 4.78 is 15.1. The molecule has 0 aliphatic carbocycles. The molecule has 0 bridgehead atoms. The first-order valence-electron chi connectivity index (χ1n) is 8.77. The second-order valence-electron chi connectivity index (χ2n) is 6.31. The summed E-state index contributed by atoms with van der Waals surface area (Å²) in [5.41, 5.74) is 1.62. The van der Waals surface area contributed by atoms with E-state index in [0.29, 0.717) is 21.8 Å². The van der Waals surface area contributed by atoms with Crippen LogP contribution in [0.1, 0.15) is 11.1 Å². The first kappa shape index (κ1) is 18.7. The molecular weight excluding hydrogens is 391 g/mol. The number of halogens is 2. The third-order valence-electron chi connectivity index (χ3n) is 4.50. The highest BCUT2D eigenvalue weighted by molar-refractivity contribution is 6.32. The fraction of sp³-hybridized carbons (Fsp3) is 0.0455. The largest absolute Gasteiger partial charge is 0.351 e. The van der Waals surface area contributed by atoms with Gasteiger partial charge in [-0.3, -0.25) is 4.79 Å². The number of aromatic nitrogens is 2. The smallest absolute Gasteiger partial charge is 0.267 e. The lowest BCUT2D eigenvalue weighted by molar-refractivity contribution is 0.629. The molecule has 142 valence electrons. The minimum Gasteiger partial charge on any atom is -0.351 e. The summed E-state index contributed by atoms with van der Waals surface area (Å²) in [6.45, 7) is 0.271. The first-order valence-corrected chi connectivity index (χ1v) is 9.15. The van der Waals surface area contributed by atoms with Crippen LogP contribution in [0.4, 0.5) is 10.3 Å². The van der Waals surface area contributed by atoms with Crippen LogP contribution < -0.4 is 10.9 Å². The Balaban J connectivity index is 1.89. The maximum absolute atomic E-state index is 13.7. The summed E-state index contributed by atoms with van der Waals surface area (Å²) in [7, 11) is 0. The number of hydrogen-bond donors (Lipinski definition) is 1. The number of anilines is 1. The van der Waals surface area contributed by atoms with E-state index >= 15 is 0 Å². The van der Waals surface area contributed by atoms with Crippen molar-refractivity contribution in [2.45, 2.75) is 6.54 Å². The quantitative estimate of drug-likeness (QED) is 0.537. The van der Waals surface area contributed by atoms with Crippen LogP contribution >= 0.6 is 11.6 Å². The van der Waals surface area contributed by atoms with Gasteiger partial charge in [-0.05, 0) is 42.0 Å². The Hall–Kier alpha value is -3.69. The van der Waals surface area contributed by atoms with E-state index in [0.717, 1.165) is 11.6 Å². The van der Waals surface area contributed by atoms with Crippen LogP contribution in [0.5, 0.6) is 0 Å². The second kappa shape index (κ2) is 7.74. The molecule has 29 heavy (non-hydrogen) atoms. The summed E-state index contributed by atoms with van der Waals surface area (Å²) in [6.07, 6.45) is 0. The Morgan fingerprint density at radius 3 is 2.66 bits per heavy atom. The maximum atomic E-state index is 13.7. The van der Waals surface area contributed by atoms with E-state index in [1.165, 1.54) is 16.7 Å². The number of hydrogen-bond acceptors (Lipinski definition) is 4. The first-order chi connectivity index (χ1) is 14.1. The van der Waals surface area contributed by atoms with Crippen LogP contribution in [0.3, 0.4) is 0 Å². The number of nitriles is 1. The number of fused-ring (bicyclic) bond motifs is 1. The molecule has 0 aliphatic heterocycles. The fourth-order valence-electron chi connectivity index (χ4n) is 3.09. The number of benzene rings is 3. The van der Waals surface area contributed by atoms with Gasteiger partial charge in [-0.15, -0.1) is 0 Å². The van der Waals surface area contributed by atoms with Crippen LogP contribution in [0.15, 0.2) is 71.5 Å². The maximum Gasteiger partial charge on any atom is 0.267 e. The van der Waals surface area contributed by atoms with E-state index in [1.807, 2.05) is 12.1 Å². The van der Waals surface area contributed by atoms with Crippen molar-refractivity contribution in [2.24, 2.45) is 0 Å². The highest BCUT2D eigenvalue weighted by Crippen LogP contribution is 2.23. The molecule has 4 rings (SSSR count). The fourth-order valence-corrected chi connectivity index (χ4v) is 3.31. The number of nitrogens with zero attached hydrogens (tertiary/aromatic N) is 3. The SMILES string of the molecule is N#Cc1ccccc1CNc1nc2ccc(F)cc2c(=O)n1-c1ccccc1Cl. The minimum absolute atomic E-state index is 0.146. The van der Waals surface area contributed by atoms with Crippen LogP contribution in [0.2, 0.25) is 5.02 Å². The number of nitrogens with one attached hydrogen (secondary N) is 1. The molecule has 0 unspecified atom stereocenters. The van der Waals surface area contributed by atoms with Crippen molar-refractivity contribution in [2.75, 3.05) is 5.32 Å². The van der Waals surface area contributed by atoms with Gasteiger partial charge in [0.15, 0.2) is 0 Å². The molecule has 1 aromatic heterocycles. The summed E-state index contributed by atoms with van der Waals surface area (Å²) in [6, 6.07) is 20.0. The normalized spacial score (nSPS) is 10.7. The van der Waals surface area contributed by atoms with E-state index in [9.17, 15) is 14.4 Å². The Morgan fingerprint density at radius 2 is 1.86 bits per heavy atom. The number of para-hydroxylation sites is 1. The van der Waals surface area contributed by atoms with Crippen LogP contribution in [0.25, 0.3) is 16.6 Å². The molecule has 7 heteroatoms. The van der Waals surface area contributed by atoms with Gasteiger partial charge in [0.1, 0.15) is 5.82 Å². The van der Waals surface area contributed by atoms with Crippen molar-refractivity contribution in [3.63, 3.8) is 0 Å². The van der Waals surface area contributed by atoms with Gasteiger partial charge in [-0.1, -0.05) is 41.9 Å². The number of rotatable bonds is 4. The molecule has 0 fully saturated rings. The van der Waals surface area contributed by atoms with Crippen molar-refractivity contribution in [3.05, 3.63) is 99.1 Å². The summed E-state index contributed by atoms with van der Waals surface area (Å²) in [4.78, 5) is 17.7. The average molecular weight is 405 g/mol. The predicted octanol–water partition coefficient (Wildman–Crippen LogP) is 4.66. The zero-order valence-electron chi connectivity index (χ0n) is 15.1. The molecule has 0 atom stereocenters. The van der Waals surface area contributed by atoms with Crippen LogP contribution in [0, 0.1) is 17.1 Å². The molecule has 0 saturated carbocycles. The third kappa shape index (κ3) is 3.56. The zero-order chi connectivity index (χ0) is 20.4. The van der Waals surface area contributed by atoms with Gasteiger partial charge in [0.25, 0.3) is 5.56 Å². The highest BCUT2D eigenvalue weighted by Gasteiger charge is 2.15. The van der Waals surface area contributed by atoms with Crippen molar-refractivity contribution in [1.82, 2.24) is 9.55 Å². The summed E-state index contributed by atoms with van der Waals surface area (Å²) >= 11 is 6.32. The molecule has 0 saturated heterocycles. The molecule has 3 aromatic carbocycles. The molecule has 0 radical (unpaired) electrons. The Morgan fingerprint density at radius 1 is 1.10 bits per heavy atom. The Labute approximate surface area is 170 Å². The molecule has 0 amide bonds. The molecule has 0 spiro atoms. The van der Waals surface area contributed by atoms with Crippen molar-refractivity contribution >= 4 is 28.5 Å². The van der Waals surface area contributed by atoms with E-state index in [-0.39, 0.29) is 17.9 Å². The van der Waals surface area contributed by atoms with Gasteiger partial charge >= 0.3 is 0 Å². The average Bonchev–Trinajstić information content (AvgIpc) is 2.74. The van der Waals surface area contributed by atoms with Crippen molar-refractivity contribution < 1.29 is 4.39 Å². The van der Waals surface area contributed by atoms with E-state index in [1.54, 1.807) is 36.4 Å². The molecule has 0 aliphatic rings. The standard InChI is InChI=1S/C22H14ClFN4O/c23-18-7-3-4-8-20(18)28-21(29)17-11-16(24)9-10-19(17)27-22(28)26-13-15-6-2-1-5-14(15)12-25/h1-11H,13H2,(H,26,27). The monoisotopic (exact) mass is 404 g/mol. The Kier molecular flexibility index (Phi) is 4.98. The highest BCUT2D eigenvalue weighted by atomic mass is 35.5. The molecular formula is C22H14ClFN4O. The topological polar surface area (TPSA) is 70.7 Å². The molecule has 1 N–H and O–H groups in total. The van der Waals surface area contributed by atoms with Gasteiger partial charge in [-0.25, -0.2) is 13.9 Å². The lowest BCUT2D eigenvalue weighted by Gasteiger charge is -2.16.